The summed E-state index contributed by atoms with van der Waals surface area (Å²) in [6.07, 6.45) is 20.9. The number of nitrogens with zero attached hydrogens (tertiary/aromatic N) is 8. The van der Waals surface area contributed by atoms with Crippen LogP contribution in [0.15, 0.2) is 143 Å². The van der Waals surface area contributed by atoms with E-state index in [0.717, 1.165) is 17.4 Å². The van der Waals surface area contributed by atoms with Gasteiger partial charge in [0.05, 0.1) is 28.2 Å². The summed E-state index contributed by atoms with van der Waals surface area (Å²) >= 11 is 0. The van der Waals surface area contributed by atoms with Gasteiger partial charge in [0.15, 0.2) is 21.2 Å². The predicted molar refractivity (Wildman–Crippen MR) is 282 cm³/mol. The minimum Gasteiger partial charge on any atom is -0.282 e. The van der Waals surface area contributed by atoms with E-state index in [1.807, 2.05) is 95.6 Å². The predicted octanol–water partition coefficient (Wildman–Crippen LogP) is 4.76. The molecular weight excluding hydrogens is 1100 g/mol. The van der Waals surface area contributed by atoms with Gasteiger partial charge in [-0.25, -0.2) is 44.6 Å². The Morgan fingerprint density at radius 1 is 0.494 bits per heavy atom. The summed E-state index contributed by atoms with van der Waals surface area (Å²) in [4.78, 5) is -0.664. The SMILES string of the molecule is CC(C)C(OS(=O)(=O)O)n1cc[n+](C)c1.CC(C)c1cc(S(C)(=O)=O)c(-n2cc[n+](C)c2)c(S(=O)(=O)O)c1.CC(C)c1ccc(-n2cc[n+](C)c2)c(S(=O)(=O)O)c1.CC(C)c1ccc(Cn2cc[n+](C)c2)c(S(=O)(=O)O)c1. The zero-order valence-electron chi connectivity index (χ0n) is 45.0. The minimum absolute atomic E-state index is 0.0138. The Morgan fingerprint density at radius 2 is 0.922 bits per heavy atom. The molecule has 1 unspecified atom stereocenters. The number of imidazole rings is 4. The molecule has 0 saturated heterocycles. The maximum atomic E-state index is 12.2. The molecule has 4 heterocycles. The van der Waals surface area contributed by atoms with Gasteiger partial charge in [-0.1, -0.05) is 73.6 Å². The van der Waals surface area contributed by atoms with E-state index in [1.54, 1.807) is 113 Å². The molecule has 7 rings (SSSR count). The third-order valence-electron chi connectivity index (χ3n) is 11.5. The van der Waals surface area contributed by atoms with Crippen LogP contribution in [-0.4, -0.2) is 84.8 Å². The van der Waals surface area contributed by atoms with E-state index in [0.29, 0.717) is 23.4 Å². The maximum Gasteiger partial charge on any atom is 0.401 e. The lowest BCUT2D eigenvalue weighted by molar-refractivity contribution is -0.671. The van der Waals surface area contributed by atoms with Crippen LogP contribution >= 0.6 is 0 Å². The van der Waals surface area contributed by atoms with E-state index >= 15 is 0 Å². The maximum absolute atomic E-state index is 12.2. The fourth-order valence-corrected chi connectivity index (χ4v) is 11.3. The third-order valence-corrected chi connectivity index (χ3v) is 15.7. The van der Waals surface area contributed by atoms with Crippen molar-refractivity contribution in [3.05, 3.63) is 146 Å². The van der Waals surface area contributed by atoms with Crippen LogP contribution in [0.4, 0.5) is 0 Å². The zero-order chi connectivity index (χ0) is 58.3. The van der Waals surface area contributed by atoms with Crippen molar-refractivity contribution in [3.8, 4) is 11.4 Å². The molecule has 0 radical (unpaired) electrons. The average molecular weight is 1170 g/mol. The van der Waals surface area contributed by atoms with Crippen LogP contribution in [0.5, 0.6) is 0 Å². The summed E-state index contributed by atoms with van der Waals surface area (Å²) in [5.41, 5.74) is 3.20. The quantitative estimate of drug-likeness (QED) is 0.0795. The summed E-state index contributed by atoms with van der Waals surface area (Å²) in [6, 6.07) is 13.1. The molecule has 0 saturated carbocycles. The van der Waals surface area contributed by atoms with Crippen molar-refractivity contribution in [1.29, 1.82) is 0 Å². The van der Waals surface area contributed by atoms with Crippen molar-refractivity contribution in [2.75, 3.05) is 6.26 Å². The molecule has 0 bridgehead atoms. The molecule has 422 valence electrons. The number of aryl methyl sites for hydroxylation is 4. The molecule has 28 heteroatoms. The van der Waals surface area contributed by atoms with Crippen LogP contribution in [0.25, 0.3) is 11.4 Å². The van der Waals surface area contributed by atoms with Crippen molar-refractivity contribution in [1.82, 2.24) is 18.3 Å². The summed E-state index contributed by atoms with van der Waals surface area (Å²) < 4.78 is 171. The molecule has 4 N–H and O–H groups in total. The van der Waals surface area contributed by atoms with Crippen molar-refractivity contribution >= 4 is 50.6 Å². The molecule has 4 aromatic heterocycles. The summed E-state index contributed by atoms with van der Waals surface area (Å²) in [6.45, 7) is 15.5. The molecule has 77 heavy (non-hydrogen) atoms. The molecule has 23 nitrogen and oxygen atoms in total. The molecule has 0 aliphatic heterocycles. The van der Waals surface area contributed by atoms with Crippen molar-refractivity contribution in [3.63, 3.8) is 0 Å². The van der Waals surface area contributed by atoms with Gasteiger partial charge in [-0.2, -0.15) is 38.2 Å². The fraction of sp³-hybridized carbons (Fsp3) is 0.388. The zero-order valence-corrected chi connectivity index (χ0v) is 49.1. The second kappa shape index (κ2) is 25.2. The van der Waals surface area contributed by atoms with Crippen LogP contribution in [0.2, 0.25) is 0 Å². The highest BCUT2D eigenvalue weighted by molar-refractivity contribution is 7.91. The molecule has 0 spiro atoms. The number of aromatic nitrogens is 8. The normalized spacial score (nSPS) is 12.7. The Balaban J connectivity index is 0.000000224. The first-order chi connectivity index (χ1) is 35.3. The number of hydrogen-bond acceptors (Lipinski definition) is 11. The number of rotatable bonds is 15. The lowest BCUT2D eigenvalue weighted by Crippen LogP contribution is -2.26. The molecule has 1 atom stereocenters. The molecule has 0 aliphatic carbocycles. The van der Waals surface area contributed by atoms with E-state index in [4.69, 9.17) is 4.55 Å². The standard InChI is InChI=1S/C14H18N2O5S2.C14H18N2O3S.C13H16N2O3S.C8H14N2O4S/c1-10(2)11-7-12(22(4,17)18)14(13(8-11)23(19,20)21)16-6-5-15(3)9-16;1-11(2)12-4-5-13(14(8-12)20(17,18)19)9-16-7-6-15(3)10-16;1-10(2)11-4-5-12(13(8-11)19(16,17)18)15-7-6-14(3)9-15;1-7(2)8(14-15(11,12)13)10-5-4-9(3)6-10/h5-10H,1-4H3;4-8,10-11H,9H2,1-3H3;4-10H,1-3H3;4-8H,1-3H3/p+4. The molecule has 0 fully saturated rings. The monoisotopic (exact) mass is 1170 g/mol. The summed E-state index contributed by atoms with van der Waals surface area (Å²) in [5, 5.41) is 0. The van der Waals surface area contributed by atoms with Gasteiger partial charge < -0.3 is 0 Å². The Labute approximate surface area is 452 Å². The second-order valence-electron chi connectivity index (χ2n) is 19.5. The summed E-state index contributed by atoms with van der Waals surface area (Å²) in [7, 11) is -14.0. The average Bonchev–Trinajstić information content (AvgIpc) is 4.13. The van der Waals surface area contributed by atoms with Gasteiger partial charge in [0.25, 0.3) is 30.4 Å². The van der Waals surface area contributed by atoms with Gasteiger partial charge in [-0.3, -0.25) is 18.2 Å². The Kier molecular flexibility index (Phi) is 20.8. The van der Waals surface area contributed by atoms with E-state index in [-0.39, 0.29) is 44.0 Å². The van der Waals surface area contributed by atoms with Crippen molar-refractivity contribution in [2.45, 2.75) is 105 Å². The molecule has 7 aromatic rings. The highest BCUT2D eigenvalue weighted by atomic mass is 32.3. The van der Waals surface area contributed by atoms with Crippen LogP contribution in [-0.2, 0) is 89.5 Å². The molecular formula is C49H70N8O15S5+4. The van der Waals surface area contributed by atoms with E-state index in [2.05, 4.69) is 4.18 Å². The molecule has 0 aliphatic rings. The van der Waals surface area contributed by atoms with Gasteiger partial charge in [-0.15, -0.1) is 0 Å². The van der Waals surface area contributed by atoms with Crippen LogP contribution < -0.4 is 18.3 Å². The largest absolute Gasteiger partial charge is 0.401 e. The van der Waals surface area contributed by atoms with Crippen LogP contribution in [0.3, 0.4) is 0 Å². The van der Waals surface area contributed by atoms with Gasteiger partial charge >= 0.3 is 10.4 Å². The van der Waals surface area contributed by atoms with E-state index < -0.39 is 61.7 Å². The van der Waals surface area contributed by atoms with E-state index in [9.17, 15) is 55.7 Å². The van der Waals surface area contributed by atoms with Gasteiger partial charge in [0, 0.05) is 17.7 Å². The second-order valence-corrected chi connectivity index (χ2v) is 26.7. The first kappa shape index (κ1) is 63.6. The number of benzene rings is 3. The van der Waals surface area contributed by atoms with Gasteiger partial charge in [-0.05, 0) is 64.8 Å². The van der Waals surface area contributed by atoms with Crippen molar-refractivity contribution < 1.29 is 82.8 Å². The lowest BCUT2D eigenvalue weighted by Gasteiger charge is -2.15. The smallest absolute Gasteiger partial charge is 0.282 e. The highest BCUT2D eigenvalue weighted by Crippen LogP contribution is 2.32. The van der Waals surface area contributed by atoms with Gasteiger partial charge in [0.1, 0.15) is 75.7 Å². The highest BCUT2D eigenvalue weighted by Gasteiger charge is 2.31. The van der Waals surface area contributed by atoms with E-state index in [1.165, 1.54) is 35.3 Å². The topological polar surface area (TPSA) is 296 Å². The Hall–Kier alpha value is -5.95. The Morgan fingerprint density at radius 3 is 1.32 bits per heavy atom. The minimum atomic E-state index is -4.61. The molecule has 0 amide bonds. The fourth-order valence-electron chi connectivity index (χ4n) is 7.50. The van der Waals surface area contributed by atoms with Crippen LogP contribution in [0, 0.1) is 5.92 Å². The summed E-state index contributed by atoms with van der Waals surface area (Å²) in [5.74, 6) is 0.203. The van der Waals surface area contributed by atoms with Gasteiger partial charge in [0.2, 0.25) is 31.5 Å². The number of sulfone groups is 1. The first-order valence-corrected chi connectivity index (χ1v) is 31.2. The Bertz CT molecular complexity index is 3710. The third kappa shape index (κ3) is 18.3. The number of hydrogen-bond donors (Lipinski definition) is 4. The molecule has 3 aromatic carbocycles. The van der Waals surface area contributed by atoms with Crippen molar-refractivity contribution in [2.24, 2.45) is 34.1 Å². The first-order valence-electron chi connectivity index (χ1n) is 23.6. The van der Waals surface area contributed by atoms with Crippen LogP contribution in [0.1, 0.15) is 102 Å². The lowest BCUT2D eigenvalue weighted by atomic mass is 10.0.